The second-order valence-electron chi connectivity index (χ2n) is 10.5. The average Bonchev–Trinajstić information content (AvgIpc) is 2.75. The Hall–Kier alpha value is -1.36. The van der Waals surface area contributed by atoms with Crippen LogP contribution in [0.3, 0.4) is 0 Å². The smallest absolute Gasteiger partial charge is 0.303 e. The highest BCUT2D eigenvalue weighted by molar-refractivity contribution is 5.74. The van der Waals surface area contributed by atoms with Crippen molar-refractivity contribution in [3.05, 3.63) is 12.2 Å². The SMILES string of the molecule is CCCCCCCC/C=C\CCCCCCCCC[N+](C)(C)C(C)(CCCC(=O)O)C(=O)[O-]. The quantitative estimate of drug-likeness (QED) is 0.109. The zero-order valence-electron chi connectivity index (χ0n) is 22.2. The molecule has 0 aliphatic carbocycles. The highest BCUT2D eigenvalue weighted by Crippen LogP contribution is 2.27. The maximum Gasteiger partial charge on any atom is 0.303 e. The molecule has 0 heterocycles. The summed E-state index contributed by atoms with van der Waals surface area (Å²) in [4.78, 5) is 22.6. The summed E-state index contributed by atoms with van der Waals surface area (Å²) < 4.78 is 0.333. The van der Waals surface area contributed by atoms with Crippen LogP contribution in [0.2, 0.25) is 0 Å². The molecule has 0 rings (SSSR count). The van der Waals surface area contributed by atoms with E-state index in [1.165, 1.54) is 83.5 Å². The Morgan fingerprint density at radius 2 is 1.24 bits per heavy atom. The van der Waals surface area contributed by atoms with E-state index in [1.807, 2.05) is 14.1 Å². The standard InChI is InChI=1S/C28H53NO4/c1-5-6-7-8-9-10-11-12-13-14-15-16-17-18-19-20-21-25-29(3,4)28(2,27(32)33)24-22-23-26(30)31/h12-13H,5-11,14-25H2,1-4H3,(H-,30,31,32,33)/b13-12-. The third kappa shape index (κ3) is 15.2. The van der Waals surface area contributed by atoms with Crippen molar-refractivity contribution in [1.29, 1.82) is 0 Å². The molecular formula is C28H53NO4. The molecule has 5 heteroatoms. The molecule has 1 unspecified atom stereocenters. The summed E-state index contributed by atoms with van der Waals surface area (Å²) >= 11 is 0. The first-order valence-corrected chi connectivity index (χ1v) is 13.6. The van der Waals surface area contributed by atoms with Crippen LogP contribution in [-0.4, -0.2) is 47.7 Å². The fourth-order valence-corrected chi connectivity index (χ4v) is 4.41. The number of hydrogen-bond donors (Lipinski definition) is 1. The Balaban J connectivity index is 3.82. The lowest BCUT2D eigenvalue weighted by Gasteiger charge is -2.47. The third-order valence-corrected chi connectivity index (χ3v) is 7.31. The van der Waals surface area contributed by atoms with Gasteiger partial charge in [0.25, 0.3) is 0 Å². The van der Waals surface area contributed by atoms with Crippen LogP contribution in [0, 0.1) is 0 Å². The van der Waals surface area contributed by atoms with Crippen molar-refractivity contribution in [3.63, 3.8) is 0 Å². The first-order valence-electron chi connectivity index (χ1n) is 13.6. The number of unbranched alkanes of at least 4 members (excludes halogenated alkanes) is 13. The van der Waals surface area contributed by atoms with Crippen molar-refractivity contribution in [2.45, 2.75) is 135 Å². The van der Waals surface area contributed by atoms with Gasteiger partial charge < -0.3 is 19.5 Å². The molecule has 0 aliphatic rings. The second-order valence-corrected chi connectivity index (χ2v) is 10.5. The van der Waals surface area contributed by atoms with E-state index >= 15 is 0 Å². The molecule has 0 saturated carbocycles. The van der Waals surface area contributed by atoms with E-state index in [0.29, 0.717) is 17.3 Å². The molecule has 194 valence electrons. The van der Waals surface area contributed by atoms with Crippen LogP contribution in [0.25, 0.3) is 0 Å². The van der Waals surface area contributed by atoms with Crippen molar-refractivity contribution in [1.82, 2.24) is 0 Å². The topological polar surface area (TPSA) is 77.4 Å². The Labute approximate surface area is 204 Å². The van der Waals surface area contributed by atoms with Crippen LogP contribution in [0.1, 0.15) is 129 Å². The molecule has 33 heavy (non-hydrogen) atoms. The Bertz CT molecular complexity index is 544. The van der Waals surface area contributed by atoms with E-state index in [4.69, 9.17) is 5.11 Å². The van der Waals surface area contributed by atoms with Crippen LogP contribution in [0.5, 0.6) is 0 Å². The number of aliphatic carboxylic acids is 2. The minimum atomic E-state index is -1.08. The first-order chi connectivity index (χ1) is 15.7. The van der Waals surface area contributed by atoms with Gasteiger partial charge in [0.15, 0.2) is 0 Å². The summed E-state index contributed by atoms with van der Waals surface area (Å²) in [6, 6.07) is 0. The number of carboxylic acid groups (broad SMARTS) is 2. The summed E-state index contributed by atoms with van der Waals surface area (Å²) in [5, 5.41) is 20.7. The largest absolute Gasteiger partial charge is 0.544 e. The average molecular weight is 468 g/mol. The van der Waals surface area contributed by atoms with Crippen molar-refractivity contribution in [2.24, 2.45) is 0 Å². The summed E-state index contributed by atoms with van der Waals surface area (Å²) in [5.41, 5.74) is -1.06. The molecule has 0 aromatic rings. The molecule has 0 spiro atoms. The molecule has 0 saturated heterocycles. The molecule has 0 aliphatic heterocycles. The lowest BCUT2D eigenvalue weighted by molar-refractivity contribution is -0.933. The van der Waals surface area contributed by atoms with E-state index in [0.717, 1.165) is 19.4 Å². The maximum atomic E-state index is 11.8. The summed E-state index contributed by atoms with van der Waals surface area (Å²) in [6.07, 6.45) is 24.4. The second kappa shape index (κ2) is 19.0. The molecule has 5 nitrogen and oxygen atoms in total. The molecule has 1 N–H and O–H groups in total. The number of carboxylic acids is 2. The lowest BCUT2D eigenvalue weighted by atomic mass is 9.90. The van der Waals surface area contributed by atoms with Gasteiger partial charge in [0.2, 0.25) is 0 Å². The molecule has 0 aromatic heterocycles. The number of likely N-dealkylation sites (N-methyl/N-ethyl adjacent to an activating group) is 1. The number of nitrogens with zero attached hydrogens (tertiary/aromatic N) is 1. The van der Waals surface area contributed by atoms with Crippen LogP contribution in [0.4, 0.5) is 0 Å². The number of rotatable bonds is 23. The van der Waals surface area contributed by atoms with Gasteiger partial charge in [-0.25, -0.2) is 0 Å². The van der Waals surface area contributed by atoms with Gasteiger partial charge in [-0.3, -0.25) is 4.79 Å². The van der Waals surface area contributed by atoms with Crippen LogP contribution in [0.15, 0.2) is 12.2 Å². The first kappa shape index (κ1) is 31.6. The number of hydrogen-bond acceptors (Lipinski definition) is 3. The number of quaternary nitrogens is 1. The zero-order chi connectivity index (χ0) is 25.0. The number of carbonyl (C=O) groups is 2. The van der Waals surface area contributed by atoms with Crippen LogP contribution >= 0.6 is 0 Å². The number of carbonyl (C=O) groups excluding carboxylic acids is 1. The third-order valence-electron chi connectivity index (χ3n) is 7.31. The van der Waals surface area contributed by atoms with Gasteiger partial charge in [0, 0.05) is 12.8 Å². The predicted molar refractivity (Wildman–Crippen MR) is 136 cm³/mol. The van der Waals surface area contributed by atoms with Crippen molar-refractivity contribution < 1.29 is 24.3 Å². The van der Waals surface area contributed by atoms with Crippen molar-refractivity contribution in [2.75, 3.05) is 20.6 Å². The van der Waals surface area contributed by atoms with Gasteiger partial charge in [-0.05, 0) is 51.9 Å². The Morgan fingerprint density at radius 3 is 1.70 bits per heavy atom. The maximum absolute atomic E-state index is 11.8. The monoisotopic (exact) mass is 467 g/mol. The van der Waals surface area contributed by atoms with Gasteiger partial charge >= 0.3 is 5.97 Å². The highest BCUT2D eigenvalue weighted by atomic mass is 16.4. The van der Waals surface area contributed by atoms with Gasteiger partial charge in [-0.2, -0.15) is 0 Å². The van der Waals surface area contributed by atoms with E-state index in [1.54, 1.807) is 6.92 Å². The van der Waals surface area contributed by atoms with E-state index in [2.05, 4.69) is 19.1 Å². The fourth-order valence-electron chi connectivity index (χ4n) is 4.41. The minimum absolute atomic E-state index is 0.00220. The fraction of sp³-hybridized carbons (Fsp3) is 0.857. The highest BCUT2D eigenvalue weighted by Gasteiger charge is 2.41. The lowest BCUT2D eigenvalue weighted by Crippen LogP contribution is -2.66. The molecule has 0 radical (unpaired) electrons. The van der Waals surface area contributed by atoms with Gasteiger partial charge in [-0.15, -0.1) is 0 Å². The molecule has 0 bridgehead atoms. The van der Waals surface area contributed by atoms with Crippen molar-refractivity contribution in [3.8, 4) is 0 Å². The summed E-state index contributed by atoms with van der Waals surface area (Å²) in [6.45, 7) is 4.73. The van der Waals surface area contributed by atoms with Crippen LogP contribution in [-0.2, 0) is 9.59 Å². The van der Waals surface area contributed by atoms with E-state index in [9.17, 15) is 14.7 Å². The zero-order valence-corrected chi connectivity index (χ0v) is 22.2. The minimum Gasteiger partial charge on any atom is -0.544 e. The molecule has 1 atom stereocenters. The molecule has 0 aromatic carbocycles. The van der Waals surface area contributed by atoms with Crippen molar-refractivity contribution >= 4 is 11.9 Å². The van der Waals surface area contributed by atoms with Gasteiger partial charge in [-0.1, -0.05) is 76.9 Å². The van der Waals surface area contributed by atoms with E-state index in [-0.39, 0.29) is 6.42 Å². The predicted octanol–water partition coefficient (Wildman–Crippen LogP) is 6.25. The Morgan fingerprint density at radius 1 is 0.788 bits per heavy atom. The summed E-state index contributed by atoms with van der Waals surface area (Å²) in [5.74, 6) is -1.97. The molecule has 0 amide bonds. The number of allylic oxidation sites excluding steroid dienone is 2. The van der Waals surface area contributed by atoms with Gasteiger partial charge in [0.1, 0.15) is 11.5 Å². The normalized spacial score (nSPS) is 13.9. The van der Waals surface area contributed by atoms with E-state index < -0.39 is 17.5 Å². The van der Waals surface area contributed by atoms with Gasteiger partial charge in [0.05, 0.1) is 20.6 Å². The Kier molecular flexibility index (Phi) is 18.2. The summed E-state index contributed by atoms with van der Waals surface area (Å²) in [7, 11) is 3.85. The molecule has 0 fully saturated rings. The molecular weight excluding hydrogens is 414 g/mol. The van der Waals surface area contributed by atoms with Crippen LogP contribution < -0.4 is 5.11 Å².